The number of aryl methyl sites for hydroxylation is 1. The quantitative estimate of drug-likeness (QED) is 0.614. The van der Waals surface area contributed by atoms with Gasteiger partial charge >= 0.3 is 0 Å². The van der Waals surface area contributed by atoms with Crippen LogP contribution in [-0.4, -0.2) is 27.2 Å². The van der Waals surface area contributed by atoms with E-state index in [9.17, 15) is 0 Å². The van der Waals surface area contributed by atoms with Crippen molar-refractivity contribution in [2.45, 2.75) is 39.5 Å². The van der Waals surface area contributed by atoms with Crippen molar-refractivity contribution in [2.75, 3.05) is 37.0 Å². The molecule has 0 heterocycles. The second-order valence-corrected chi connectivity index (χ2v) is 6.89. The van der Waals surface area contributed by atoms with Crippen LogP contribution in [0.3, 0.4) is 0 Å². The molecule has 0 aliphatic heterocycles. The zero-order chi connectivity index (χ0) is 18.4. The summed E-state index contributed by atoms with van der Waals surface area (Å²) in [5.74, 6) is 0.416. The van der Waals surface area contributed by atoms with Gasteiger partial charge in [0.2, 0.25) is 0 Å². The van der Waals surface area contributed by atoms with Gasteiger partial charge in [0.1, 0.15) is 0 Å². The fraction of sp³-hybridized carbons (Fsp3) is 0.435. The van der Waals surface area contributed by atoms with Crippen molar-refractivity contribution in [3.05, 3.63) is 66.1 Å². The Labute approximate surface area is 154 Å². The minimum Gasteiger partial charge on any atom is -0.378 e. The number of hydrogen-bond acceptors (Lipinski definition) is 2. The Morgan fingerprint density at radius 3 is 2.00 bits per heavy atom. The molecule has 0 bridgehead atoms. The maximum absolute atomic E-state index is 4.11. The van der Waals surface area contributed by atoms with Gasteiger partial charge in [0.05, 0.1) is 0 Å². The van der Waals surface area contributed by atoms with Crippen LogP contribution in [0.4, 0.5) is 11.4 Å². The van der Waals surface area contributed by atoms with Crippen LogP contribution >= 0.6 is 0 Å². The third-order valence-electron chi connectivity index (χ3n) is 5.06. The van der Waals surface area contributed by atoms with Crippen molar-refractivity contribution >= 4 is 11.4 Å². The summed E-state index contributed by atoms with van der Waals surface area (Å²) in [6.07, 6.45) is 2.02. The van der Waals surface area contributed by atoms with Gasteiger partial charge in [-0.1, -0.05) is 31.5 Å². The molecule has 0 aromatic heterocycles. The van der Waals surface area contributed by atoms with Crippen LogP contribution < -0.4 is 9.80 Å². The van der Waals surface area contributed by atoms with E-state index >= 15 is 0 Å². The van der Waals surface area contributed by atoms with Crippen molar-refractivity contribution in [3.63, 3.8) is 0 Å². The Bertz CT molecular complexity index is 654. The summed E-state index contributed by atoms with van der Waals surface area (Å²) in [5, 5.41) is 0. The van der Waals surface area contributed by atoms with Gasteiger partial charge in [-0.15, -0.1) is 0 Å². The number of benzene rings is 2. The lowest BCUT2D eigenvalue weighted by atomic mass is 9.85. The topological polar surface area (TPSA) is 6.48 Å². The van der Waals surface area contributed by atoms with E-state index in [0.717, 1.165) is 25.9 Å². The van der Waals surface area contributed by atoms with E-state index in [1.165, 1.54) is 28.1 Å². The second-order valence-electron chi connectivity index (χ2n) is 6.89. The fourth-order valence-electron chi connectivity index (χ4n) is 3.55. The summed E-state index contributed by atoms with van der Waals surface area (Å²) in [6, 6.07) is 15.9. The summed E-state index contributed by atoms with van der Waals surface area (Å²) in [6.45, 7) is 12.9. The Kier molecular flexibility index (Phi) is 6.92. The molecule has 2 aromatic rings. The molecule has 135 valence electrons. The molecule has 2 nitrogen and oxygen atoms in total. The van der Waals surface area contributed by atoms with E-state index in [-0.39, 0.29) is 0 Å². The molecule has 2 aromatic carbocycles. The van der Waals surface area contributed by atoms with Crippen molar-refractivity contribution in [1.29, 1.82) is 0 Å². The zero-order valence-corrected chi connectivity index (χ0v) is 16.5. The average molecular weight is 338 g/mol. The first-order chi connectivity index (χ1) is 12.0. The van der Waals surface area contributed by atoms with Crippen LogP contribution in [-0.2, 0) is 0 Å². The summed E-state index contributed by atoms with van der Waals surface area (Å²) in [5.41, 5.74) is 6.75. The van der Waals surface area contributed by atoms with Gasteiger partial charge in [-0.25, -0.2) is 0 Å². The van der Waals surface area contributed by atoms with E-state index in [4.69, 9.17) is 0 Å². The highest BCUT2D eigenvalue weighted by Crippen LogP contribution is 2.34. The first-order valence-corrected chi connectivity index (χ1v) is 9.43. The molecule has 0 spiro atoms. The molecule has 0 fully saturated rings. The van der Waals surface area contributed by atoms with E-state index in [2.05, 4.69) is 94.1 Å². The normalized spacial score (nSPS) is 12.1. The SMILES string of the molecule is [CH2]CCC(c1ccc(N(C)C)cc1)c1ccc(N(CC)CC)cc1C. The summed E-state index contributed by atoms with van der Waals surface area (Å²) < 4.78 is 0. The highest BCUT2D eigenvalue weighted by atomic mass is 15.1. The number of hydrogen-bond donors (Lipinski definition) is 0. The Balaban J connectivity index is 2.36. The van der Waals surface area contributed by atoms with Crippen LogP contribution in [0.1, 0.15) is 49.3 Å². The lowest BCUT2D eigenvalue weighted by molar-refractivity contribution is 0.722. The Morgan fingerprint density at radius 2 is 1.52 bits per heavy atom. The molecule has 0 amide bonds. The smallest absolute Gasteiger partial charge is 0.0368 e. The Hall–Kier alpha value is -1.96. The minimum atomic E-state index is 0.416. The van der Waals surface area contributed by atoms with Crippen LogP contribution in [0.5, 0.6) is 0 Å². The molecule has 25 heavy (non-hydrogen) atoms. The molecular weight excluding hydrogens is 304 g/mol. The molecule has 1 unspecified atom stereocenters. The molecule has 1 radical (unpaired) electrons. The minimum absolute atomic E-state index is 0.416. The predicted molar refractivity (Wildman–Crippen MR) is 112 cm³/mol. The van der Waals surface area contributed by atoms with Crippen molar-refractivity contribution in [3.8, 4) is 0 Å². The summed E-state index contributed by atoms with van der Waals surface area (Å²) in [7, 11) is 4.16. The second kappa shape index (κ2) is 8.94. The van der Waals surface area contributed by atoms with Crippen LogP contribution in [0.25, 0.3) is 0 Å². The maximum Gasteiger partial charge on any atom is 0.0368 e. The van der Waals surface area contributed by atoms with Crippen molar-refractivity contribution in [2.24, 2.45) is 0 Å². The van der Waals surface area contributed by atoms with Crippen molar-refractivity contribution < 1.29 is 0 Å². The van der Waals surface area contributed by atoms with E-state index in [1.807, 2.05) is 0 Å². The molecule has 0 N–H and O–H groups in total. The first-order valence-electron chi connectivity index (χ1n) is 9.43. The lowest BCUT2D eigenvalue weighted by Crippen LogP contribution is -2.22. The standard InChI is InChI=1S/C23H33N2/c1-7-10-23(19-11-13-20(14-12-19)24(5)6)22-16-15-21(17-18(22)4)25(8-2)9-3/h11-17,23H,1,7-10H2,2-6H3. The molecule has 0 aliphatic rings. The first kappa shape index (κ1) is 19.4. The maximum atomic E-state index is 4.11. The molecule has 2 rings (SSSR count). The molecule has 1 atom stereocenters. The van der Waals surface area contributed by atoms with Gasteiger partial charge in [0.25, 0.3) is 0 Å². The fourth-order valence-corrected chi connectivity index (χ4v) is 3.55. The van der Waals surface area contributed by atoms with Gasteiger partial charge in [-0.2, -0.15) is 0 Å². The number of anilines is 2. The summed E-state index contributed by atoms with van der Waals surface area (Å²) >= 11 is 0. The summed E-state index contributed by atoms with van der Waals surface area (Å²) in [4.78, 5) is 4.54. The Morgan fingerprint density at radius 1 is 0.920 bits per heavy atom. The van der Waals surface area contributed by atoms with E-state index in [1.54, 1.807) is 0 Å². The van der Waals surface area contributed by atoms with E-state index < -0.39 is 0 Å². The molecule has 0 saturated heterocycles. The van der Waals surface area contributed by atoms with Crippen LogP contribution in [0, 0.1) is 13.8 Å². The highest BCUT2D eigenvalue weighted by molar-refractivity contribution is 5.54. The van der Waals surface area contributed by atoms with E-state index in [0.29, 0.717) is 5.92 Å². The average Bonchev–Trinajstić information content (AvgIpc) is 2.61. The third-order valence-corrected chi connectivity index (χ3v) is 5.06. The molecule has 0 saturated carbocycles. The number of nitrogens with zero attached hydrogens (tertiary/aromatic N) is 2. The molecular formula is C23H33N2. The predicted octanol–water partition coefficient (Wildman–Crippen LogP) is 5.65. The largest absolute Gasteiger partial charge is 0.378 e. The van der Waals surface area contributed by atoms with Gasteiger partial charge in [-0.3, -0.25) is 0 Å². The third kappa shape index (κ3) is 4.56. The molecule has 2 heteroatoms. The lowest BCUT2D eigenvalue weighted by Gasteiger charge is -2.25. The van der Waals surface area contributed by atoms with Crippen LogP contribution in [0.15, 0.2) is 42.5 Å². The van der Waals surface area contributed by atoms with Gasteiger partial charge in [0, 0.05) is 44.5 Å². The molecule has 0 aliphatic carbocycles. The van der Waals surface area contributed by atoms with Gasteiger partial charge < -0.3 is 9.80 Å². The van der Waals surface area contributed by atoms with Gasteiger partial charge in [0.15, 0.2) is 0 Å². The highest BCUT2D eigenvalue weighted by Gasteiger charge is 2.16. The van der Waals surface area contributed by atoms with Crippen LogP contribution in [0.2, 0.25) is 0 Å². The zero-order valence-electron chi connectivity index (χ0n) is 16.5. The monoisotopic (exact) mass is 337 g/mol. The van der Waals surface area contributed by atoms with Gasteiger partial charge in [-0.05, 0) is 68.1 Å². The van der Waals surface area contributed by atoms with Crippen molar-refractivity contribution in [1.82, 2.24) is 0 Å². The number of rotatable bonds is 8.